The van der Waals surface area contributed by atoms with Crippen LogP contribution in [0.25, 0.3) is 22.3 Å². The Morgan fingerprint density at radius 2 is 2.00 bits per heavy atom. The predicted molar refractivity (Wildman–Crippen MR) is 116 cm³/mol. The van der Waals surface area contributed by atoms with E-state index in [0.29, 0.717) is 27.9 Å². The number of hydrogen-bond donors (Lipinski definition) is 1. The van der Waals surface area contributed by atoms with Crippen molar-refractivity contribution in [2.24, 2.45) is 0 Å². The van der Waals surface area contributed by atoms with E-state index in [2.05, 4.69) is 15.3 Å². The second-order valence-electron chi connectivity index (χ2n) is 7.20. The zero-order valence-corrected chi connectivity index (χ0v) is 17.4. The lowest BCUT2D eigenvalue weighted by atomic mass is 9.99. The van der Waals surface area contributed by atoms with Gasteiger partial charge >= 0.3 is 0 Å². The van der Waals surface area contributed by atoms with Crippen molar-refractivity contribution in [1.29, 1.82) is 0 Å². The number of hydrogen-bond acceptors (Lipinski definition) is 5. The Kier molecular flexibility index (Phi) is 5.26. The van der Waals surface area contributed by atoms with Crippen LogP contribution in [0.1, 0.15) is 29.7 Å². The molecular weight excluding hydrogens is 405 g/mol. The summed E-state index contributed by atoms with van der Waals surface area (Å²) in [5, 5.41) is 3.66. The Bertz CT molecular complexity index is 1310. The van der Waals surface area contributed by atoms with Crippen LogP contribution in [0, 0.1) is 19.8 Å². The maximum atomic E-state index is 14.2. The van der Waals surface area contributed by atoms with E-state index in [9.17, 15) is 9.18 Å². The highest BCUT2D eigenvalue weighted by atomic mass is 35.5. The number of aromatic nitrogens is 2. The quantitative estimate of drug-likeness (QED) is 0.418. The van der Waals surface area contributed by atoms with Crippen LogP contribution in [0.2, 0.25) is 5.15 Å². The molecule has 4 aromatic rings. The van der Waals surface area contributed by atoms with Gasteiger partial charge in [0.05, 0.1) is 17.1 Å². The summed E-state index contributed by atoms with van der Waals surface area (Å²) in [6.45, 7) is 5.52. The molecule has 0 aliphatic carbocycles. The van der Waals surface area contributed by atoms with E-state index >= 15 is 0 Å². The van der Waals surface area contributed by atoms with Gasteiger partial charge in [0, 0.05) is 29.1 Å². The lowest BCUT2D eigenvalue weighted by molar-refractivity contribution is 0.583. The molecule has 0 fully saturated rings. The van der Waals surface area contributed by atoms with Gasteiger partial charge in [-0.25, -0.2) is 4.98 Å². The molecule has 1 atom stereocenters. The molecule has 5 nitrogen and oxygen atoms in total. The molecule has 0 saturated heterocycles. The van der Waals surface area contributed by atoms with Gasteiger partial charge in [-0.2, -0.15) is 4.39 Å². The van der Waals surface area contributed by atoms with Gasteiger partial charge < -0.3 is 9.73 Å². The van der Waals surface area contributed by atoms with Crippen LogP contribution in [0.5, 0.6) is 0 Å². The van der Waals surface area contributed by atoms with Gasteiger partial charge in [-0.1, -0.05) is 17.7 Å². The highest BCUT2D eigenvalue weighted by Crippen LogP contribution is 2.32. The van der Waals surface area contributed by atoms with E-state index in [1.54, 1.807) is 25.4 Å². The highest BCUT2D eigenvalue weighted by Gasteiger charge is 2.19. The van der Waals surface area contributed by atoms with Crippen molar-refractivity contribution in [3.63, 3.8) is 0 Å². The molecule has 0 amide bonds. The summed E-state index contributed by atoms with van der Waals surface area (Å²) in [5.74, 6) is -0.225. The molecule has 0 aliphatic heterocycles. The normalized spacial score (nSPS) is 12.2. The van der Waals surface area contributed by atoms with Crippen LogP contribution in [-0.2, 0) is 0 Å². The number of aryl methyl sites for hydroxylation is 1. The minimum absolute atomic E-state index is 0.0780. The van der Waals surface area contributed by atoms with Crippen molar-refractivity contribution < 1.29 is 8.81 Å². The summed E-state index contributed by atoms with van der Waals surface area (Å²) in [5.41, 5.74) is 3.44. The van der Waals surface area contributed by atoms with E-state index < -0.39 is 5.95 Å². The Labute approximate surface area is 177 Å². The summed E-state index contributed by atoms with van der Waals surface area (Å²) in [6, 6.07) is 10.0. The Morgan fingerprint density at radius 1 is 1.20 bits per heavy atom. The van der Waals surface area contributed by atoms with Crippen molar-refractivity contribution in [1.82, 2.24) is 9.97 Å². The monoisotopic (exact) mass is 423 g/mol. The lowest BCUT2D eigenvalue weighted by Crippen LogP contribution is -2.13. The molecule has 1 aromatic carbocycles. The molecular formula is C23H19ClFN3O2. The third-order valence-electron chi connectivity index (χ3n) is 4.97. The van der Waals surface area contributed by atoms with Crippen molar-refractivity contribution in [2.75, 3.05) is 5.32 Å². The third kappa shape index (κ3) is 3.66. The molecule has 4 rings (SSSR count). The van der Waals surface area contributed by atoms with E-state index in [4.69, 9.17) is 16.0 Å². The third-order valence-corrected chi connectivity index (χ3v) is 5.18. The Balaban J connectivity index is 1.89. The number of nitrogens with one attached hydrogen (secondary N) is 1. The molecule has 0 aliphatic rings. The standard InChI is InChI=1S/C23H19ClFN3O2/c1-12-9-16(14(3)27-18-6-7-19(24)28-23(18)25)22-17(10-12)20(29)13(2)21(30-22)15-5-4-8-26-11-15/h4-11,14,27H,1-3H3/t14-/m1/s1. The van der Waals surface area contributed by atoms with Crippen LogP contribution < -0.4 is 10.7 Å². The Hall–Kier alpha value is -3.25. The van der Waals surface area contributed by atoms with Crippen LogP contribution in [0.3, 0.4) is 0 Å². The van der Waals surface area contributed by atoms with Crippen LogP contribution in [0.15, 0.2) is 58.0 Å². The molecule has 0 radical (unpaired) electrons. The summed E-state index contributed by atoms with van der Waals surface area (Å²) < 4.78 is 20.4. The number of pyridine rings is 2. The maximum absolute atomic E-state index is 14.2. The van der Waals surface area contributed by atoms with E-state index in [-0.39, 0.29) is 22.3 Å². The van der Waals surface area contributed by atoms with Crippen molar-refractivity contribution in [3.05, 3.63) is 86.8 Å². The van der Waals surface area contributed by atoms with E-state index in [0.717, 1.165) is 11.1 Å². The first-order valence-corrected chi connectivity index (χ1v) is 9.80. The molecule has 3 aromatic heterocycles. The number of rotatable bonds is 4. The summed E-state index contributed by atoms with van der Waals surface area (Å²) in [6.07, 6.45) is 3.31. The molecule has 152 valence electrons. The fourth-order valence-corrected chi connectivity index (χ4v) is 3.63. The topological polar surface area (TPSA) is 68.0 Å². The van der Waals surface area contributed by atoms with Crippen molar-refractivity contribution in [2.45, 2.75) is 26.8 Å². The van der Waals surface area contributed by atoms with Gasteiger partial charge in [-0.15, -0.1) is 0 Å². The number of anilines is 1. The smallest absolute Gasteiger partial charge is 0.237 e. The number of halogens is 2. The van der Waals surface area contributed by atoms with Crippen molar-refractivity contribution in [3.8, 4) is 11.3 Å². The van der Waals surface area contributed by atoms with Gasteiger partial charge in [-0.05, 0) is 56.7 Å². The average molecular weight is 424 g/mol. The van der Waals surface area contributed by atoms with Gasteiger partial charge in [0.1, 0.15) is 16.5 Å². The average Bonchev–Trinajstić information content (AvgIpc) is 2.73. The summed E-state index contributed by atoms with van der Waals surface area (Å²) >= 11 is 5.74. The van der Waals surface area contributed by atoms with Crippen molar-refractivity contribution >= 4 is 28.3 Å². The molecule has 30 heavy (non-hydrogen) atoms. The first kappa shape index (κ1) is 20.0. The number of fused-ring (bicyclic) bond motifs is 1. The van der Waals surface area contributed by atoms with Gasteiger partial charge in [-0.3, -0.25) is 9.78 Å². The predicted octanol–water partition coefficient (Wildman–Crippen LogP) is 5.83. The second kappa shape index (κ2) is 7.88. The van der Waals surface area contributed by atoms with Crippen LogP contribution in [0.4, 0.5) is 10.1 Å². The molecule has 0 unspecified atom stereocenters. The second-order valence-corrected chi connectivity index (χ2v) is 7.58. The zero-order valence-electron chi connectivity index (χ0n) is 16.7. The van der Waals surface area contributed by atoms with Gasteiger partial charge in [0.15, 0.2) is 5.43 Å². The zero-order chi connectivity index (χ0) is 21.4. The molecule has 0 bridgehead atoms. The van der Waals surface area contributed by atoms with Crippen LogP contribution in [-0.4, -0.2) is 9.97 Å². The molecule has 1 N–H and O–H groups in total. The largest absolute Gasteiger partial charge is 0.455 e. The number of benzene rings is 1. The highest BCUT2D eigenvalue weighted by molar-refractivity contribution is 6.29. The van der Waals surface area contributed by atoms with Crippen LogP contribution >= 0.6 is 11.6 Å². The first-order valence-electron chi connectivity index (χ1n) is 9.42. The molecule has 7 heteroatoms. The fraction of sp³-hybridized carbons (Fsp3) is 0.174. The maximum Gasteiger partial charge on any atom is 0.237 e. The van der Waals surface area contributed by atoms with Gasteiger partial charge in [0.2, 0.25) is 5.95 Å². The molecule has 0 saturated carbocycles. The first-order chi connectivity index (χ1) is 14.3. The Morgan fingerprint density at radius 3 is 2.70 bits per heavy atom. The minimum Gasteiger partial charge on any atom is -0.455 e. The van der Waals surface area contributed by atoms with E-state index in [1.165, 1.54) is 12.1 Å². The van der Waals surface area contributed by atoms with Gasteiger partial charge in [0.25, 0.3) is 0 Å². The summed E-state index contributed by atoms with van der Waals surface area (Å²) in [4.78, 5) is 20.9. The lowest BCUT2D eigenvalue weighted by Gasteiger charge is -2.19. The molecule has 0 spiro atoms. The fourth-order valence-electron chi connectivity index (χ4n) is 3.49. The SMILES string of the molecule is Cc1cc([C@@H](C)Nc2ccc(Cl)nc2F)c2oc(-c3cccnc3)c(C)c(=O)c2c1. The minimum atomic E-state index is -0.695. The number of nitrogens with zero attached hydrogens (tertiary/aromatic N) is 2. The molecule has 3 heterocycles. The van der Waals surface area contributed by atoms with E-state index in [1.807, 2.05) is 32.0 Å². The summed E-state index contributed by atoms with van der Waals surface area (Å²) in [7, 11) is 0.